The van der Waals surface area contributed by atoms with E-state index in [-0.39, 0.29) is 18.4 Å². The van der Waals surface area contributed by atoms with Gasteiger partial charge in [0.15, 0.2) is 0 Å². The van der Waals surface area contributed by atoms with Gasteiger partial charge in [-0.05, 0) is 25.2 Å². The second-order valence-corrected chi connectivity index (χ2v) is 6.85. The van der Waals surface area contributed by atoms with Gasteiger partial charge in [-0.2, -0.15) is 0 Å². The maximum atomic E-state index is 12.6. The number of urea groups is 1. The number of nitrogens with one attached hydrogen (secondary N) is 2. The predicted molar refractivity (Wildman–Crippen MR) is 83.1 cm³/mol. The van der Waals surface area contributed by atoms with E-state index in [4.69, 9.17) is 0 Å². The molecule has 4 amide bonds. The topological polar surface area (TPSA) is 78.5 Å². The lowest BCUT2D eigenvalue weighted by atomic mass is 9.90. The lowest BCUT2D eigenvalue weighted by Crippen LogP contribution is -2.47. The van der Waals surface area contributed by atoms with Crippen LogP contribution >= 0.6 is 0 Å². The Kier molecular flexibility index (Phi) is 5.42. The Morgan fingerprint density at radius 1 is 1.23 bits per heavy atom. The van der Waals surface area contributed by atoms with Gasteiger partial charge >= 0.3 is 6.03 Å². The smallest absolute Gasteiger partial charge is 0.325 e. The van der Waals surface area contributed by atoms with E-state index in [0.29, 0.717) is 25.3 Å². The Balaban J connectivity index is 1.92. The summed E-state index contributed by atoms with van der Waals surface area (Å²) in [6.45, 7) is 4.56. The summed E-state index contributed by atoms with van der Waals surface area (Å²) in [5.74, 6) is 0.0134. The van der Waals surface area contributed by atoms with Gasteiger partial charge in [0.2, 0.25) is 5.91 Å². The fourth-order valence-electron chi connectivity index (χ4n) is 3.19. The molecule has 1 saturated carbocycles. The molecule has 2 rings (SSSR count). The molecule has 0 aromatic carbocycles. The summed E-state index contributed by atoms with van der Waals surface area (Å²) in [6, 6.07) is -0.425. The van der Waals surface area contributed by atoms with Gasteiger partial charge in [0.25, 0.3) is 5.91 Å². The Bertz CT molecular complexity index is 440. The first-order valence-electron chi connectivity index (χ1n) is 8.35. The van der Waals surface area contributed by atoms with Crippen molar-refractivity contribution in [1.82, 2.24) is 15.5 Å². The second kappa shape index (κ2) is 7.11. The van der Waals surface area contributed by atoms with Crippen LogP contribution in [0.2, 0.25) is 0 Å². The highest BCUT2D eigenvalue weighted by Crippen LogP contribution is 2.32. The second-order valence-electron chi connectivity index (χ2n) is 6.85. The van der Waals surface area contributed by atoms with E-state index in [9.17, 15) is 14.4 Å². The van der Waals surface area contributed by atoms with Gasteiger partial charge in [-0.1, -0.05) is 39.5 Å². The van der Waals surface area contributed by atoms with E-state index in [0.717, 1.165) is 37.0 Å². The van der Waals surface area contributed by atoms with E-state index in [2.05, 4.69) is 24.5 Å². The van der Waals surface area contributed by atoms with Crippen LogP contribution in [0.4, 0.5) is 4.79 Å². The van der Waals surface area contributed by atoms with Gasteiger partial charge in [-0.25, -0.2) is 4.79 Å². The SMILES string of the molecule is CC(C)CCNC(=O)CN1C(=O)NC2(CCCCCC2)C1=O. The summed E-state index contributed by atoms with van der Waals surface area (Å²) in [4.78, 5) is 37.7. The molecule has 0 bridgehead atoms. The van der Waals surface area contributed by atoms with Crippen molar-refractivity contribution < 1.29 is 14.4 Å². The number of carbonyl (C=O) groups excluding carboxylic acids is 3. The highest BCUT2D eigenvalue weighted by Gasteiger charge is 2.50. The highest BCUT2D eigenvalue weighted by atomic mass is 16.2. The monoisotopic (exact) mass is 309 g/mol. The standard InChI is InChI=1S/C16H27N3O3/c1-12(2)7-10-17-13(20)11-19-14(21)16(18-15(19)22)8-5-3-4-6-9-16/h12H,3-11H2,1-2H3,(H,17,20)(H,18,22). The quantitative estimate of drug-likeness (QED) is 0.760. The molecule has 0 atom stereocenters. The van der Waals surface area contributed by atoms with Gasteiger partial charge in [0, 0.05) is 6.54 Å². The van der Waals surface area contributed by atoms with Crippen LogP contribution in [0, 0.1) is 5.92 Å². The van der Waals surface area contributed by atoms with Crippen molar-refractivity contribution in [3.63, 3.8) is 0 Å². The largest absolute Gasteiger partial charge is 0.355 e. The highest BCUT2D eigenvalue weighted by molar-refractivity contribution is 6.09. The summed E-state index contributed by atoms with van der Waals surface area (Å²) >= 11 is 0. The molecule has 6 heteroatoms. The van der Waals surface area contributed by atoms with Crippen LogP contribution in [0.25, 0.3) is 0 Å². The van der Waals surface area contributed by atoms with Gasteiger partial charge in [-0.15, -0.1) is 0 Å². The van der Waals surface area contributed by atoms with Crippen molar-refractivity contribution in [2.45, 2.75) is 64.3 Å². The summed E-state index contributed by atoms with van der Waals surface area (Å²) < 4.78 is 0. The number of amides is 4. The zero-order valence-corrected chi connectivity index (χ0v) is 13.6. The lowest BCUT2D eigenvalue weighted by Gasteiger charge is -2.24. The zero-order chi connectivity index (χ0) is 16.2. The van der Waals surface area contributed by atoms with Crippen LogP contribution in [0.15, 0.2) is 0 Å². The molecule has 0 radical (unpaired) electrons. The van der Waals surface area contributed by atoms with Gasteiger partial charge < -0.3 is 10.6 Å². The van der Waals surface area contributed by atoms with Crippen LogP contribution < -0.4 is 10.6 Å². The van der Waals surface area contributed by atoms with E-state index < -0.39 is 11.6 Å². The molecule has 2 aliphatic rings. The average Bonchev–Trinajstić information content (AvgIpc) is 2.62. The summed E-state index contributed by atoms with van der Waals surface area (Å²) in [5.41, 5.74) is -0.758. The fourth-order valence-corrected chi connectivity index (χ4v) is 3.19. The molecule has 1 aliphatic heterocycles. The Morgan fingerprint density at radius 3 is 2.45 bits per heavy atom. The minimum absolute atomic E-state index is 0.176. The third kappa shape index (κ3) is 3.78. The summed E-state index contributed by atoms with van der Waals surface area (Å²) in [7, 11) is 0. The van der Waals surface area contributed by atoms with Crippen molar-refractivity contribution >= 4 is 17.8 Å². The third-order valence-electron chi connectivity index (χ3n) is 4.55. The first-order chi connectivity index (χ1) is 10.4. The molecule has 1 aliphatic carbocycles. The van der Waals surface area contributed by atoms with E-state index in [1.807, 2.05) is 0 Å². The lowest BCUT2D eigenvalue weighted by molar-refractivity contribution is -0.135. The van der Waals surface area contributed by atoms with Crippen molar-refractivity contribution in [3.8, 4) is 0 Å². The van der Waals surface area contributed by atoms with Crippen molar-refractivity contribution in [2.75, 3.05) is 13.1 Å². The van der Waals surface area contributed by atoms with Crippen LogP contribution in [-0.2, 0) is 9.59 Å². The number of rotatable bonds is 5. The van der Waals surface area contributed by atoms with Crippen LogP contribution in [0.3, 0.4) is 0 Å². The number of hydrogen-bond donors (Lipinski definition) is 2. The van der Waals surface area contributed by atoms with Crippen LogP contribution in [0.5, 0.6) is 0 Å². The fraction of sp³-hybridized carbons (Fsp3) is 0.812. The number of hydrogen-bond acceptors (Lipinski definition) is 3. The Hall–Kier alpha value is -1.59. The summed E-state index contributed by atoms with van der Waals surface area (Å²) in [5, 5.41) is 5.62. The molecular weight excluding hydrogens is 282 g/mol. The van der Waals surface area contributed by atoms with Crippen molar-refractivity contribution in [3.05, 3.63) is 0 Å². The van der Waals surface area contributed by atoms with Gasteiger partial charge in [0.05, 0.1) is 0 Å². The van der Waals surface area contributed by atoms with E-state index in [1.165, 1.54) is 0 Å². The first kappa shape index (κ1) is 16.8. The van der Waals surface area contributed by atoms with E-state index >= 15 is 0 Å². The van der Waals surface area contributed by atoms with Crippen molar-refractivity contribution in [1.29, 1.82) is 0 Å². The molecule has 2 N–H and O–H groups in total. The molecule has 1 saturated heterocycles. The molecule has 0 aromatic heterocycles. The van der Waals surface area contributed by atoms with Crippen molar-refractivity contribution in [2.24, 2.45) is 5.92 Å². The van der Waals surface area contributed by atoms with Crippen LogP contribution in [-0.4, -0.2) is 41.4 Å². The molecule has 1 spiro atoms. The number of imide groups is 1. The van der Waals surface area contributed by atoms with Gasteiger partial charge in [-0.3, -0.25) is 14.5 Å². The average molecular weight is 309 g/mol. The van der Waals surface area contributed by atoms with Crippen LogP contribution in [0.1, 0.15) is 58.8 Å². The van der Waals surface area contributed by atoms with Gasteiger partial charge in [0.1, 0.15) is 12.1 Å². The minimum atomic E-state index is -0.758. The normalized spacial score (nSPS) is 21.1. The predicted octanol–water partition coefficient (Wildman–Crippen LogP) is 1.79. The summed E-state index contributed by atoms with van der Waals surface area (Å²) in [6.07, 6.45) is 6.34. The molecule has 2 fully saturated rings. The number of carbonyl (C=O) groups is 3. The third-order valence-corrected chi connectivity index (χ3v) is 4.55. The Labute approximate surface area is 132 Å². The maximum Gasteiger partial charge on any atom is 0.325 e. The van der Waals surface area contributed by atoms with E-state index in [1.54, 1.807) is 0 Å². The molecule has 124 valence electrons. The molecule has 0 unspecified atom stereocenters. The first-order valence-corrected chi connectivity index (χ1v) is 8.35. The molecular formula is C16H27N3O3. The molecule has 0 aromatic rings. The zero-order valence-electron chi connectivity index (χ0n) is 13.6. The maximum absolute atomic E-state index is 12.6. The molecule has 22 heavy (non-hydrogen) atoms. The minimum Gasteiger partial charge on any atom is -0.355 e. The Morgan fingerprint density at radius 2 is 1.86 bits per heavy atom. The molecule has 6 nitrogen and oxygen atoms in total. The number of nitrogens with zero attached hydrogens (tertiary/aromatic N) is 1. The molecule has 1 heterocycles.